The van der Waals surface area contributed by atoms with E-state index in [1.165, 1.54) is 6.20 Å². The van der Waals surface area contributed by atoms with Crippen molar-refractivity contribution in [2.45, 2.75) is 51.4 Å². The van der Waals surface area contributed by atoms with Crippen molar-refractivity contribution in [2.75, 3.05) is 0 Å². The first-order valence-corrected chi connectivity index (χ1v) is 10.5. The molecule has 1 rings (SSSR count). The van der Waals surface area contributed by atoms with Gasteiger partial charge in [0.25, 0.3) is 5.91 Å². The van der Waals surface area contributed by atoms with Gasteiger partial charge < -0.3 is 11.1 Å². The van der Waals surface area contributed by atoms with Gasteiger partial charge in [0.15, 0.2) is 0 Å². The Kier molecular flexibility index (Phi) is 6.10. The van der Waals surface area contributed by atoms with E-state index in [-0.39, 0.29) is 17.4 Å². The Morgan fingerprint density at radius 1 is 1.39 bits per heavy atom. The van der Waals surface area contributed by atoms with E-state index in [1.54, 1.807) is 18.3 Å². The van der Waals surface area contributed by atoms with Crippen LogP contribution in [0.4, 0.5) is 0 Å². The molecule has 2 amide bonds. The summed E-state index contributed by atoms with van der Waals surface area (Å²) < 4.78 is 0. The number of nitrogens with two attached hydrogens (primary N) is 1. The molecule has 1 aromatic heterocycles. The van der Waals surface area contributed by atoms with Crippen LogP contribution >= 0.6 is 0 Å². The van der Waals surface area contributed by atoms with Gasteiger partial charge in [-0.1, -0.05) is 33.9 Å². The lowest BCUT2D eigenvalue weighted by molar-refractivity contribution is -0.119. The maximum Gasteiger partial charge on any atom is 0.253 e. The molecule has 3 N–H and O–H groups in total. The van der Waals surface area contributed by atoms with Gasteiger partial charge in [0.1, 0.15) is 14.1 Å². The van der Waals surface area contributed by atoms with Crippen molar-refractivity contribution in [3.8, 4) is 11.5 Å². The lowest BCUT2D eigenvalue weighted by Gasteiger charge is -2.31. The minimum Gasteiger partial charge on any atom is -0.368 e. The average Bonchev–Trinajstić information content (AvgIpc) is 2.45. The molecule has 0 aromatic carbocycles. The Morgan fingerprint density at radius 3 is 2.52 bits per heavy atom. The molecule has 0 aliphatic rings. The number of rotatable bonds is 4. The van der Waals surface area contributed by atoms with Gasteiger partial charge >= 0.3 is 0 Å². The van der Waals surface area contributed by atoms with E-state index in [1.807, 2.05) is 0 Å². The van der Waals surface area contributed by atoms with Crippen LogP contribution in [0, 0.1) is 11.5 Å². The first-order chi connectivity index (χ1) is 10.5. The fourth-order valence-electron chi connectivity index (χ4n) is 1.52. The SMILES string of the molecule is CC(C)(C)[Si](C)(C)C#CC[C@H](NC(=O)c1cccnc1)C(N)=O. The van der Waals surface area contributed by atoms with Gasteiger partial charge in [-0.15, -0.1) is 11.5 Å². The van der Waals surface area contributed by atoms with Crippen LogP contribution in [-0.2, 0) is 4.79 Å². The van der Waals surface area contributed by atoms with Crippen molar-refractivity contribution in [1.29, 1.82) is 0 Å². The van der Waals surface area contributed by atoms with E-state index in [4.69, 9.17) is 5.73 Å². The molecular formula is C17H25N3O2Si. The summed E-state index contributed by atoms with van der Waals surface area (Å²) in [5.41, 5.74) is 9.07. The summed E-state index contributed by atoms with van der Waals surface area (Å²) in [4.78, 5) is 27.5. The molecule has 0 spiro atoms. The van der Waals surface area contributed by atoms with Crippen LogP contribution < -0.4 is 11.1 Å². The molecule has 5 nitrogen and oxygen atoms in total. The van der Waals surface area contributed by atoms with E-state index < -0.39 is 20.0 Å². The van der Waals surface area contributed by atoms with Gasteiger partial charge in [-0.05, 0) is 17.2 Å². The monoisotopic (exact) mass is 331 g/mol. The van der Waals surface area contributed by atoms with E-state index in [0.717, 1.165) is 0 Å². The van der Waals surface area contributed by atoms with E-state index >= 15 is 0 Å². The fourth-order valence-corrected chi connectivity index (χ4v) is 2.44. The minimum absolute atomic E-state index is 0.140. The van der Waals surface area contributed by atoms with Crippen molar-refractivity contribution < 1.29 is 9.59 Å². The standard InChI is InChI=1S/C17H25N3O2Si/c1-17(2,3)23(4,5)11-7-9-14(15(18)21)20-16(22)13-8-6-10-19-12-13/h6,8,10,12,14H,9H2,1-5H3,(H2,18,21)(H,20,22)/t14-/m0/s1. The van der Waals surface area contributed by atoms with Gasteiger partial charge in [0.05, 0.1) is 5.56 Å². The summed E-state index contributed by atoms with van der Waals surface area (Å²) in [6.45, 7) is 10.9. The van der Waals surface area contributed by atoms with Gasteiger partial charge in [0.2, 0.25) is 5.91 Å². The number of carbonyl (C=O) groups excluding carboxylic acids is 2. The second-order valence-electron chi connectivity index (χ2n) is 7.05. The molecule has 0 unspecified atom stereocenters. The van der Waals surface area contributed by atoms with Crippen LogP contribution in [0.25, 0.3) is 0 Å². The highest BCUT2D eigenvalue weighted by Gasteiger charge is 2.33. The molecule has 0 fully saturated rings. The molecule has 6 heteroatoms. The second-order valence-corrected chi connectivity index (χ2v) is 12.1. The summed E-state index contributed by atoms with van der Waals surface area (Å²) >= 11 is 0. The van der Waals surface area contributed by atoms with Gasteiger partial charge in [-0.25, -0.2) is 0 Å². The molecule has 1 heterocycles. The van der Waals surface area contributed by atoms with E-state index in [2.05, 4.69) is 55.6 Å². The van der Waals surface area contributed by atoms with Crippen LogP contribution in [0.2, 0.25) is 18.1 Å². The first-order valence-electron chi connectivity index (χ1n) is 7.55. The highest BCUT2D eigenvalue weighted by atomic mass is 28.3. The molecule has 0 aliphatic heterocycles. The summed E-state index contributed by atoms with van der Waals surface area (Å²) in [6, 6.07) is 2.48. The topological polar surface area (TPSA) is 85.1 Å². The maximum absolute atomic E-state index is 12.1. The van der Waals surface area contributed by atoms with E-state index in [0.29, 0.717) is 5.56 Å². The molecule has 0 saturated heterocycles. The molecule has 1 atom stereocenters. The summed E-state index contributed by atoms with van der Waals surface area (Å²) in [7, 11) is -1.75. The van der Waals surface area contributed by atoms with Crippen LogP contribution in [0.1, 0.15) is 37.6 Å². The molecule has 23 heavy (non-hydrogen) atoms. The Morgan fingerprint density at radius 2 is 2.04 bits per heavy atom. The number of nitrogens with zero attached hydrogens (tertiary/aromatic N) is 1. The van der Waals surface area contributed by atoms with Crippen molar-refractivity contribution in [2.24, 2.45) is 5.73 Å². The number of amides is 2. The van der Waals surface area contributed by atoms with Crippen molar-refractivity contribution in [3.05, 3.63) is 30.1 Å². The maximum atomic E-state index is 12.1. The van der Waals surface area contributed by atoms with Crippen LogP contribution in [-0.4, -0.2) is 30.9 Å². The number of primary amides is 1. The minimum atomic E-state index is -1.75. The van der Waals surface area contributed by atoms with Crippen molar-refractivity contribution >= 4 is 19.9 Å². The van der Waals surface area contributed by atoms with E-state index in [9.17, 15) is 9.59 Å². The van der Waals surface area contributed by atoms with Crippen LogP contribution in [0.3, 0.4) is 0 Å². The molecule has 0 radical (unpaired) electrons. The third kappa shape index (κ3) is 5.53. The number of nitrogens with one attached hydrogen (secondary N) is 1. The lowest BCUT2D eigenvalue weighted by Crippen LogP contribution is -2.44. The molecular weight excluding hydrogens is 306 g/mol. The predicted molar refractivity (Wildman–Crippen MR) is 94.3 cm³/mol. The third-order valence-corrected chi connectivity index (χ3v) is 8.71. The summed E-state index contributed by atoms with van der Waals surface area (Å²) in [5.74, 6) is 2.08. The van der Waals surface area contributed by atoms with Crippen molar-refractivity contribution in [1.82, 2.24) is 10.3 Å². The van der Waals surface area contributed by atoms with Gasteiger partial charge in [0, 0.05) is 18.8 Å². The third-order valence-electron chi connectivity index (χ3n) is 4.15. The van der Waals surface area contributed by atoms with Crippen LogP contribution in [0.5, 0.6) is 0 Å². The molecule has 1 aromatic rings. The second kappa shape index (κ2) is 7.42. The predicted octanol–water partition coefficient (Wildman–Crippen LogP) is 2.11. The normalized spacial score (nSPS) is 12.7. The number of hydrogen-bond donors (Lipinski definition) is 2. The Labute approximate surface area is 139 Å². The zero-order valence-electron chi connectivity index (χ0n) is 14.4. The first kappa shape index (κ1) is 18.9. The quantitative estimate of drug-likeness (QED) is 0.654. The van der Waals surface area contributed by atoms with Gasteiger partial charge in [-0.3, -0.25) is 14.6 Å². The lowest BCUT2D eigenvalue weighted by atomic mass is 10.2. The zero-order valence-corrected chi connectivity index (χ0v) is 15.4. The molecule has 124 valence electrons. The fraction of sp³-hybridized carbons (Fsp3) is 0.471. The Bertz CT molecular complexity index is 625. The highest BCUT2D eigenvalue weighted by molar-refractivity contribution is 6.87. The van der Waals surface area contributed by atoms with Gasteiger partial charge in [-0.2, -0.15) is 0 Å². The summed E-state index contributed by atoms with van der Waals surface area (Å²) in [6.07, 6.45) is 3.23. The smallest absolute Gasteiger partial charge is 0.253 e. The highest BCUT2D eigenvalue weighted by Crippen LogP contribution is 2.35. The molecule has 0 aliphatic carbocycles. The number of carbonyl (C=O) groups is 2. The Balaban J connectivity index is 2.79. The zero-order chi connectivity index (χ0) is 17.7. The summed E-state index contributed by atoms with van der Waals surface area (Å²) in [5, 5.41) is 2.76. The number of hydrogen-bond acceptors (Lipinski definition) is 3. The number of aromatic nitrogens is 1. The average molecular weight is 331 g/mol. The largest absolute Gasteiger partial charge is 0.368 e. The number of pyridine rings is 1. The Hall–Kier alpha value is -2.13. The van der Waals surface area contributed by atoms with Crippen molar-refractivity contribution in [3.63, 3.8) is 0 Å². The van der Waals surface area contributed by atoms with Crippen LogP contribution in [0.15, 0.2) is 24.5 Å². The molecule has 0 bridgehead atoms. The molecule has 0 saturated carbocycles.